The first-order chi connectivity index (χ1) is 7.86. The summed E-state index contributed by atoms with van der Waals surface area (Å²) in [6.07, 6.45) is 3.29. The standard InChI is InChI=1S/C13H21NO2S/c1-4-6-11-7-5-8-12(9-11)13(14)10(2)17(3,15)16/h5,7-10,13H,4,6,14H2,1-3H3. The molecule has 2 N–H and O–H groups in total. The third-order valence-electron chi connectivity index (χ3n) is 3.06. The highest BCUT2D eigenvalue weighted by molar-refractivity contribution is 7.91. The maximum absolute atomic E-state index is 11.5. The second kappa shape index (κ2) is 5.65. The summed E-state index contributed by atoms with van der Waals surface area (Å²) >= 11 is 0. The van der Waals surface area contributed by atoms with E-state index in [4.69, 9.17) is 5.73 Å². The summed E-state index contributed by atoms with van der Waals surface area (Å²) in [6, 6.07) is 7.43. The molecule has 0 saturated heterocycles. The zero-order chi connectivity index (χ0) is 13.1. The molecular weight excluding hydrogens is 234 g/mol. The first-order valence-corrected chi connectivity index (χ1v) is 7.85. The van der Waals surface area contributed by atoms with Gasteiger partial charge in [0.2, 0.25) is 0 Å². The molecule has 4 heteroatoms. The van der Waals surface area contributed by atoms with Gasteiger partial charge in [0.1, 0.15) is 0 Å². The van der Waals surface area contributed by atoms with E-state index in [9.17, 15) is 8.42 Å². The van der Waals surface area contributed by atoms with Crippen molar-refractivity contribution in [2.45, 2.75) is 38.0 Å². The fourth-order valence-electron chi connectivity index (χ4n) is 1.78. The van der Waals surface area contributed by atoms with Crippen LogP contribution in [0, 0.1) is 0 Å². The number of benzene rings is 1. The van der Waals surface area contributed by atoms with E-state index in [-0.39, 0.29) is 0 Å². The molecule has 0 fully saturated rings. The Labute approximate surface area is 104 Å². The summed E-state index contributed by atoms with van der Waals surface area (Å²) in [6.45, 7) is 3.78. The van der Waals surface area contributed by atoms with Crippen molar-refractivity contribution in [3.05, 3.63) is 35.4 Å². The summed E-state index contributed by atoms with van der Waals surface area (Å²) in [7, 11) is -3.10. The van der Waals surface area contributed by atoms with Gasteiger partial charge in [-0.15, -0.1) is 0 Å². The Morgan fingerprint density at radius 2 is 2.00 bits per heavy atom. The Kier molecular flexibility index (Phi) is 4.71. The van der Waals surface area contributed by atoms with Crippen molar-refractivity contribution in [2.24, 2.45) is 5.73 Å². The van der Waals surface area contributed by atoms with Crippen LogP contribution in [-0.4, -0.2) is 19.9 Å². The molecule has 17 heavy (non-hydrogen) atoms. The summed E-state index contributed by atoms with van der Waals surface area (Å²) < 4.78 is 23.0. The highest BCUT2D eigenvalue weighted by atomic mass is 32.2. The Hall–Kier alpha value is -0.870. The van der Waals surface area contributed by atoms with Gasteiger partial charge in [-0.1, -0.05) is 37.6 Å². The molecule has 96 valence electrons. The van der Waals surface area contributed by atoms with Crippen molar-refractivity contribution in [3.63, 3.8) is 0 Å². The molecule has 1 aromatic rings. The minimum Gasteiger partial charge on any atom is -0.323 e. The van der Waals surface area contributed by atoms with Crippen LogP contribution in [0.5, 0.6) is 0 Å². The molecule has 0 heterocycles. The van der Waals surface area contributed by atoms with E-state index < -0.39 is 21.1 Å². The normalized spacial score (nSPS) is 15.5. The second-order valence-electron chi connectivity index (χ2n) is 4.56. The van der Waals surface area contributed by atoms with E-state index >= 15 is 0 Å². The molecule has 1 rings (SSSR count). The number of rotatable bonds is 5. The lowest BCUT2D eigenvalue weighted by atomic mass is 10.0. The van der Waals surface area contributed by atoms with E-state index in [1.807, 2.05) is 24.3 Å². The van der Waals surface area contributed by atoms with Crippen LogP contribution in [-0.2, 0) is 16.3 Å². The lowest BCUT2D eigenvalue weighted by Crippen LogP contribution is -2.30. The van der Waals surface area contributed by atoms with Gasteiger partial charge >= 0.3 is 0 Å². The topological polar surface area (TPSA) is 60.2 Å². The first-order valence-electron chi connectivity index (χ1n) is 5.89. The summed E-state index contributed by atoms with van der Waals surface area (Å²) in [5, 5.41) is -0.556. The summed E-state index contributed by atoms with van der Waals surface area (Å²) in [5.41, 5.74) is 8.12. The maximum atomic E-state index is 11.5. The highest BCUT2D eigenvalue weighted by Gasteiger charge is 2.23. The van der Waals surface area contributed by atoms with Gasteiger partial charge in [-0.3, -0.25) is 0 Å². The lowest BCUT2D eigenvalue weighted by molar-refractivity contribution is 0.570. The fourth-order valence-corrected chi connectivity index (χ4v) is 2.47. The Balaban J connectivity index is 2.96. The molecule has 0 aliphatic heterocycles. The van der Waals surface area contributed by atoms with Crippen LogP contribution in [0.15, 0.2) is 24.3 Å². The molecule has 0 radical (unpaired) electrons. The van der Waals surface area contributed by atoms with E-state index in [0.717, 1.165) is 18.4 Å². The predicted molar refractivity (Wildman–Crippen MR) is 71.7 cm³/mol. The molecule has 0 aliphatic rings. The Bertz CT molecular complexity index is 468. The van der Waals surface area contributed by atoms with Crippen molar-refractivity contribution in [1.29, 1.82) is 0 Å². The number of hydrogen-bond acceptors (Lipinski definition) is 3. The van der Waals surface area contributed by atoms with Crippen LogP contribution in [0.1, 0.15) is 37.4 Å². The molecule has 3 nitrogen and oxygen atoms in total. The van der Waals surface area contributed by atoms with Crippen molar-refractivity contribution in [2.75, 3.05) is 6.26 Å². The molecule has 0 saturated carbocycles. The molecule has 0 spiro atoms. The van der Waals surface area contributed by atoms with E-state index in [2.05, 4.69) is 6.92 Å². The number of aryl methyl sites for hydroxylation is 1. The maximum Gasteiger partial charge on any atom is 0.151 e. The quantitative estimate of drug-likeness (QED) is 0.876. The Morgan fingerprint density at radius 1 is 1.35 bits per heavy atom. The smallest absolute Gasteiger partial charge is 0.151 e. The first kappa shape index (κ1) is 14.2. The number of hydrogen-bond donors (Lipinski definition) is 1. The molecule has 0 amide bonds. The van der Waals surface area contributed by atoms with Gasteiger partial charge in [0.05, 0.1) is 5.25 Å². The van der Waals surface area contributed by atoms with Gasteiger partial charge in [0.25, 0.3) is 0 Å². The molecule has 2 unspecified atom stereocenters. The molecule has 0 bridgehead atoms. The van der Waals surface area contributed by atoms with Gasteiger partial charge in [-0.25, -0.2) is 8.42 Å². The summed E-state index contributed by atoms with van der Waals surface area (Å²) in [5.74, 6) is 0. The molecule has 0 aliphatic carbocycles. The Morgan fingerprint density at radius 3 is 2.53 bits per heavy atom. The lowest BCUT2D eigenvalue weighted by Gasteiger charge is -2.19. The van der Waals surface area contributed by atoms with Crippen molar-refractivity contribution >= 4 is 9.84 Å². The molecule has 2 atom stereocenters. The van der Waals surface area contributed by atoms with Crippen LogP contribution in [0.4, 0.5) is 0 Å². The van der Waals surface area contributed by atoms with Crippen LogP contribution < -0.4 is 5.73 Å². The van der Waals surface area contributed by atoms with Gasteiger partial charge in [-0.2, -0.15) is 0 Å². The van der Waals surface area contributed by atoms with Gasteiger partial charge in [0, 0.05) is 12.3 Å². The molecule has 0 aromatic heterocycles. The SMILES string of the molecule is CCCc1cccc(C(N)C(C)S(C)(=O)=O)c1. The fraction of sp³-hybridized carbons (Fsp3) is 0.538. The predicted octanol–water partition coefficient (Wildman–Crippen LogP) is 2.07. The summed E-state index contributed by atoms with van der Waals surface area (Å²) in [4.78, 5) is 0. The van der Waals surface area contributed by atoms with Crippen LogP contribution >= 0.6 is 0 Å². The zero-order valence-corrected chi connectivity index (χ0v) is 11.5. The van der Waals surface area contributed by atoms with Crippen molar-refractivity contribution in [3.8, 4) is 0 Å². The monoisotopic (exact) mass is 255 g/mol. The third kappa shape index (κ3) is 3.82. The van der Waals surface area contributed by atoms with E-state index in [1.165, 1.54) is 11.8 Å². The van der Waals surface area contributed by atoms with Crippen LogP contribution in [0.3, 0.4) is 0 Å². The van der Waals surface area contributed by atoms with Gasteiger partial charge in [-0.05, 0) is 24.5 Å². The van der Waals surface area contributed by atoms with E-state index in [1.54, 1.807) is 6.92 Å². The highest BCUT2D eigenvalue weighted by Crippen LogP contribution is 2.20. The van der Waals surface area contributed by atoms with Crippen molar-refractivity contribution in [1.82, 2.24) is 0 Å². The molecule has 1 aromatic carbocycles. The average molecular weight is 255 g/mol. The average Bonchev–Trinajstić information content (AvgIpc) is 2.27. The minimum absolute atomic E-state index is 0.457. The molecular formula is C13H21NO2S. The number of nitrogens with two attached hydrogens (primary N) is 1. The zero-order valence-electron chi connectivity index (χ0n) is 10.7. The van der Waals surface area contributed by atoms with E-state index in [0.29, 0.717) is 0 Å². The van der Waals surface area contributed by atoms with Gasteiger partial charge in [0.15, 0.2) is 9.84 Å². The number of sulfone groups is 1. The van der Waals surface area contributed by atoms with Crippen LogP contribution in [0.2, 0.25) is 0 Å². The third-order valence-corrected chi connectivity index (χ3v) is 4.70. The largest absolute Gasteiger partial charge is 0.323 e. The van der Waals surface area contributed by atoms with Crippen molar-refractivity contribution < 1.29 is 8.42 Å². The second-order valence-corrected chi connectivity index (χ2v) is 6.96. The van der Waals surface area contributed by atoms with Gasteiger partial charge < -0.3 is 5.73 Å². The minimum atomic E-state index is -3.10. The van der Waals surface area contributed by atoms with Crippen LogP contribution in [0.25, 0.3) is 0 Å².